The fraction of sp³-hybridized carbons (Fsp3) is 0.292. The van der Waals surface area contributed by atoms with Crippen molar-refractivity contribution < 1.29 is 13.9 Å². The Morgan fingerprint density at radius 2 is 2.00 bits per heavy atom. The Morgan fingerprint density at radius 3 is 2.74 bits per heavy atom. The van der Waals surface area contributed by atoms with E-state index in [0.717, 1.165) is 33.5 Å². The SMILES string of the molecule is COc1ccc([C@H](C)NC(=O)CCc2c(C)nc3c4ccccc4nn3c2C)cc1F. The molecule has 1 atom stereocenters. The van der Waals surface area contributed by atoms with Crippen molar-refractivity contribution in [1.29, 1.82) is 0 Å². The van der Waals surface area contributed by atoms with Crippen LogP contribution in [0.2, 0.25) is 0 Å². The summed E-state index contributed by atoms with van der Waals surface area (Å²) in [6.07, 6.45) is 0.852. The van der Waals surface area contributed by atoms with Gasteiger partial charge in [0.2, 0.25) is 5.91 Å². The van der Waals surface area contributed by atoms with E-state index in [1.807, 2.05) is 49.6 Å². The van der Waals surface area contributed by atoms with Gasteiger partial charge in [-0.1, -0.05) is 18.2 Å². The van der Waals surface area contributed by atoms with E-state index in [4.69, 9.17) is 9.72 Å². The van der Waals surface area contributed by atoms with Crippen molar-refractivity contribution in [3.05, 3.63) is 70.8 Å². The number of amides is 1. The molecule has 4 rings (SSSR count). The lowest BCUT2D eigenvalue weighted by molar-refractivity contribution is -0.121. The summed E-state index contributed by atoms with van der Waals surface area (Å²) in [7, 11) is 1.42. The third kappa shape index (κ3) is 3.95. The summed E-state index contributed by atoms with van der Waals surface area (Å²) < 4.78 is 20.8. The molecule has 0 bridgehead atoms. The van der Waals surface area contributed by atoms with Crippen LogP contribution in [0, 0.1) is 19.7 Å². The molecule has 2 heterocycles. The van der Waals surface area contributed by atoms with Crippen LogP contribution in [-0.4, -0.2) is 27.6 Å². The van der Waals surface area contributed by atoms with Crippen LogP contribution in [0.1, 0.15) is 41.9 Å². The second-order valence-corrected chi connectivity index (χ2v) is 7.70. The zero-order valence-corrected chi connectivity index (χ0v) is 18.1. The molecule has 0 unspecified atom stereocenters. The Labute approximate surface area is 180 Å². The van der Waals surface area contributed by atoms with Crippen LogP contribution in [0.4, 0.5) is 4.39 Å². The van der Waals surface area contributed by atoms with Gasteiger partial charge in [-0.3, -0.25) is 4.79 Å². The number of carbonyl (C=O) groups excluding carboxylic acids is 1. The first-order valence-electron chi connectivity index (χ1n) is 10.3. The molecule has 1 N–H and O–H groups in total. The fourth-order valence-electron chi connectivity index (χ4n) is 3.93. The van der Waals surface area contributed by atoms with Crippen molar-refractivity contribution in [1.82, 2.24) is 19.9 Å². The predicted molar refractivity (Wildman–Crippen MR) is 118 cm³/mol. The van der Waals surface area contributed by atoms with Gasteiger partial charge in [0, 0.05) is 23.2 Å². The van der Waals surface area contributed by atoms with Crippen LogP contribution in [0.5, 0.6) is 5.75 Å². The first kappa shape index (κ1) is 20.8. The van der Waals surface area contributed by atoms with Gasteiger partial charge in [0.1, 0.15) is 0 Å². The van der Waals surface area contributed by atoms with Crippen molar-refractivity contribution in [2.45, 2.75) is 39.7 Å². The Hall–Kier alpha value is -3.48. The third-order valence-corrected chi connectivity index (χ3v) is 5.67. The van der Waals surface area contributed by atoms with Crippen LogP contribution in [-0.2, 0) is 11.2 Å². The molecule has 0 fully saturated rings. The van der Waals surface area contributed by atoms with Gasteiger partial charge in [0.15, 0.2) is 17.2 Å². The average Bonchev–Trinajstić information content (AvgIpc) is 3.12. The molecule has 0 aliphatic rings. The van der Waals surface area contributed by atoms with Gasteiger partial charge in [-0.25, -0.2) is 13.9 Å². The van der Waals surface area contributed by atoms with Crippen molar-refractivity contribution in [3.63, 3.8) is 0 Å². The third-order valence-electron chi connectivity index (χ3n) is 5.67. The highest BCUT2D eigenvalue weighted by molar-refractivity contribution is 5.92. The van der Waals surface area contributed by atoms with Crippen LogP contribution >= 0.6 is 0 Å². The number of halogens is 1. The Kier molecular flexibility index (Phi) is 5.59. The molecule has 0 aliphatic carbocycles. The highest BCUT2D eigenvalue weighted by Gasteiger charge is 2.16. The van der Waals surface area contributed by atoms with Gasteiger partial charge in [-0.05, 0) is 62.6 Å². The molecule has 0 saturated heterocycles. The van der Waals surface area contributed by atoms with E-state index in [0.29, 0.717) is 18.4 Å². The number of rotatable bonds is 6. The molecular formula is C24H25FN4O2. The zero-order chi connectivity index (χ0) is 22.1. The van der Waals surface area contributed by atoms with Crippen molar-refractivity contribution >= 4 is 22.5 Å². The summed E-state index contributed by atoms with van der Waals surface area (Å²) in [5.41, 5.74) is 5.30. The minimum Gasteiger partial charge on any atom is -0.494 e. The molecule has 0 radical (unpaired) electrons. The van der Waals surface area contributed by atoms with Gasteiger partial charge in [0.05, 0.1) is 18.7 Å². The maximum atomic E-state index is 14.0. The summed E-state index contributed by atoms with van der Waals surface area (Å²) in [6, 6.07) is 12.3. The predicted octanol–water partition coefficient (Wildman–Crippen LogP) is 4.46. The van der Waals surface area contributed by atoms with E-state index < -0.39 is 5.82 Å². The number of methoxy groups -OCH3 is 1. The van der Waals surface area contributed by atoms with Gasteiger partial charge < -0.3 is 10.1 Å². The molecule has 6 nitrogen and oxygen atoms in total. The van der Waals surface area contributed by atoms with Gasteiger partial charge in [0.25, 0.3) is 0 Å². The number of aryl methyl sites for hydroxylation is 2. The molecule has 0 aliphatic heterocycles. The van der Waals surface area contributed by atoms with E-state index in [2.05, 4.69) is 10.4 Å². The molecule has 2 aromatic heterocycles. The monoisotopic (exact) mass is 420 g/mol. The molecule has 2 aromatic carbocycles. The molecule has 0 saturated carbocycles. The van der Waals surface area contributed by atoms with E-state index >= 15 is 0 Å². The van der Waals surface area contributed by atoms with Crippen molar-refractivity contribution in [2.75, 3.05) is 7.11 Å². The lowest BCUT2D eigenvalue weighted by atomic mass is 10.0. The van der Waals surface area contributed by atoms with E-state index in [1.165, 1.54) is 13.2 Å². The molecule has 160 valence electrons. The number of nitrogens with one attached hydrogen (secondary N) is 1. The normalized spacial score (nSPS) is 12.3. The topological polar surface area (TPSA) is 68.5 Å². The smallest absolute Gasteiger partial charge is 0.220 e. The molecule has 4 aromatic rings. The highest BCUT2D eigenvalue weighted by atomic mass is 19.1. The number of aromatic nitrogens is 3. The zero-order valence-electron chi connectivity index (χ0n) is 18.1. The number of fused-ring (bicyclic) bond motifs is 3. The van der Waals surface area contributed by atoms with Crippen LogP contribution in [0.25, 0.3) is 16.6 Å². The first-order chi connectivity index (χ1) is 14.9. The fourth-order valence-corrected chi connectivity index (χ4v) is 3.93. The largest absolute Gasteiger partial charge is 0.494 e. The second-order valence-electron chi connectivity index (χ2n) is 7.70. The number of ether oxygens (including phenoxy) is 1. The Morgan fingerprint density at radius 1 is 1.23 bits per heavy atom. The lowest BCUT2D eigenvalue weighted by Crippen LogP contribution is -2.27. The van der Waals surface area contributed by atoms with Gasteiger partial charge >= 0.3 is 0 Å². The summed E-state index contributed by atoms with van der Waals surface area (Å²) in [4.78, 5) is 17.3. The lowest BCUT2D eigenvalue weighted by Gasteiger charge is -2.16. The number of nitrogens with zero attached hydrogens (tertiary/aromatic N) is 3. The Balaban J connectivity index is 1.49. The molecular weight excluding hydrogens is 395 g/mol. The minimum absolute atomic E-state index is 0.103. The van der Waals surface area contributed by atoms with Crippen LogP contribution in [0.15, 0.2) is 42.5 Å². The molecule has 0 spiro atoms. The summed E-state index contributed by atoms with van der Waals surface area (Å²) in [6.45, 7) is 5.80. The van der Waals surface area contributed by atoms with Gasteiger partial charge in [-0.2, -0.15) is 5.10 Å². The molecule has 1 amide bonds. The molecule has 7 heteroatoms. The van der Waals surface area contributed by atoms with Crippen molar-refractivity contribution in [2.24, 2.45) is 0 Å². The van der Waals surface area contributed by atoms with Gasteiger partial charge in [-0.15, -0.1) is 0 Å². The Bertz CT molecular complexity index is 1280. The standard InChI is InChI=1S/C24H25FN4O2/c1-14(17-9-11-22(31-4)20(25)13-17)26-23(30)12-10-18-15(2)27-24-19-7-5-6-8-21(19)28-29(24)16(18)3/h5-9,11,13-14H,10,12H2,1-4H3,(H,26,30)/t14-/m0/s1. The summed E-state index contributed by atoms with van der Waals surface area (Å²) >= 11 is 0. The number of carbonyl (C=O) groups is 1. The van der Waals surface area contributed by atoms with Crippen LogP contribution in [0.3, 0.4) is 0 Å². The summed E-state index contributed by atoms with van der Waals surface area (Å²) in [5, 5.41) is 8.61. The average molecular weight is 420 g/mol. The number of benzene rings is 2. The number of hydrogen-bond acceptors (Lipinski definition) is 4. The minimum atomic E-state index is -0.446. The van der Waals surface area contributed by atoms with E-state index in [1.54, 1.807) is 12.1 Å². The number of hydrogen-bond donors (Lipinski definition) is 1. The summed E-state index contributed by atoms with van der Waals surface area (Å²) in [5.74, 6) is -0.367. The maximum absolute atomic E-state index is 14.0. The second kappa shape index (κ2) is 8.34. The van der Waals surface area contributed by atoms with E-state index in [-0.39, 0.29) is 17.7 Å². The molecule has 31 heavy (non-hydrogen) atoms. The quantitative estimate of drug-likeness (QED) is 0.500. The first-order valence-corrected chi connectivity index (χ1v) is 10.3. The van der Waals surface area contributed by atoms with Crippen LogP contribution < -0.4 is 10.1 Å². The van der Waals surface area contributed by atoms with E-state index in [9.17, 15) is 9.18 Å². The van der Waals surface area contributed by atoms with Crippen molar-refractivity contribution in [3.8, 4) is 5.75 Å². The highest BCUT2D eigenvalue weighted by Crippen LogP contribution is 2.24. The maximum Gasteiger partial charge on any atom is 0.220 e.